The second kappa shape index (κ2) is 7.02. The molecular formula is C21H24N2O3S. The van der Waals surface area contributed by atoms with Gasteiger partial charge in [0.25, 0.3) is 0 Å². The van der Waals surface area contributed by atoms with E-state index in [2.05, 4.69) is 23.2 Å². The Balaban J connectivity index is 1.51. The standard InChI is InChI=1S/C21H24N2O3S/c1-15-13-18(26-2)7-8-21(15)27(24,25)23-11-9-16(10-12-23)20-14-17-5-3-4-6-19(17)22-20/h3-8,13-14,16,22H,9-12H2,1-2H3. The number of H-pyrrole nitrogens is 1. The number of aromatic amines is 1. The molecule has 1 fully saturated rings. The summed E-state index contributed by atoms with van der Waals surface area (Å²) in [7, 11) is -1.90. The lowest BCUT2D eigenvalue weighted by atomic mass is 9.95. The topological polar surface area (TPSA) is 62.4 Å². The Labute approximate surface area is 160 Å². The summed E-state index contributed by atoms with van der Waals surface area (Å²) in [6.07, 6.45) is 1.64. The third kappa shape index (κ3) is 3.35. The quantitative estimate of drug-likeness (QED) is 0.738. The van der Waals surface area contributed by atoms with Crippen LogP contribution >= 0.6 is 0 Å². The van der Waals surface area contributed by atoms with Gasteiger partial charge in [0.2, 0.25) is 10.0 Å². The molecule has 1 saturated heterocycles. The van der Waals surface area contributed by atoms with E-state index in [1.54, 1.807) is 29.6 Å². The predicted molar refractivity (Wildman–Crippen MR) is 107 cm³/mol. The monoisotopic (exact) mass is 384 g/mol. The van der Waals surface area contributed by atoms with Crippen LogP contribution in [0.25, 0.3) is 10.9 Å². The first-order valence-corrected chi connectivity index (χ1v) is 10.7. The zero-order chi connectivity index (χ0) is 19.0. The summed E-state index contributed by atoms with van der Waals surface area (Å²) in [4.78, 5) is 3.86. The molecule has 1 aliphatic heterocycles. The molecule has 0 radical (unpaired) electrons. The Morgan fingerprint density at radius 2 is 1.81 bits per heavy atom. The van der Waals surface area contributed by atoms with Gasteiger partial charge in [-0.3, -0.25) is 0 Å². The molecule has 0 unspecified atom stereocenters. The number of aryl methyl sites for hydroxylation is 1. The molecule has 3 aromatic rings. The van der Waals surface area contributed by atoms with E-state index in [1.165, 1.54) is 11.1 Å². The number of piperidine rings is 1. The van der Waals surface area contributed by atoms with Crippen molar-refractivity contribution in [1.82, 2.24) is 9.29 Å². The number of fused-ring (bicyclic) bond motifs is 1. The summed E-state index contributed by atoms with van der Waals surface area (Å²) in [6, 6.07) is 15.5. The molecule has 27 heavy (non-hydrogen) atoms. The Kier molecular flexibility index (Phi) is 4.70. The predicted octanol–water partition coefficient (Wildman–Crippen LogP) is 4.05. The average Bonchev–Trinajstić information content (AvgIpc) is 3.12. The number of ether oxygens (including phenoxy) is 1. The number of hydrogen-bond acceptors (Lipinski definition) is 3. The van der Waals surface area contributed by atoms with Crippen LogP contribution in [0.2, 0.25) is 0 Å². The first kappa shape index (κ1) is 18.1. The minimum Gasteiger partial charge on any atom is -0.497 e. The van der Waals surface area contributed by atoms with Crippen LogP contribution in [0.3, 0.4) is 0 Å². The highest BCUT2D eigenvalue weighted by atomic mass is 32.2. The maximum absolute atomic E-state index is 13.1. The lowest BCUT2D eigenvalue weighted by molar-refractivity contribution is 0.317. The summed E-state index contributed by atoms with van der Waals surface area (Å²) in [5, 5.41) is 1.21. The summed E-state index contributed by atoms with van der Waals surface area (Å²) in [5.41, 5.74) is 3.05. The molecule has 142 valence electrons. The number of benzene rings is 2. The number of sulfonamides is 1. The number of nitrogens with one attached hydrogen (secondary N) is 1. The van der Waals surface area contributed by atoms with Gasteiger partial charge in [-0.05, 0) is 61.0 Å². The molecule has 2 heterocycles. The van der Waals surface area contributed by atoms with Gasteiger partial charge in [-0.15, -0.1) is 0 Å². The van der Waals surface area contributed by atoms with Gasteiger partial charge < -0.3 is 9.72 Å². The van der Waals surface area contributed by atoms with Crippen molar-refractivity contribution in [2.24, 2.45) is 0 Å². The highest BCUT2D eigenvalue weighted by Gasteiger charge is 2.31. The van der Waals surface area contributed by atoms with E-state index in [0.29, 0.717) is 35.2 Å². The first-order chi connectivity index (χ1) is 13.0. The van der Waals surface area contributed by atoms with Crippen molar-refractivity contribution < 1.29 is 13.2 Å². The van der Waals surface area contributed by atoms with E-state index in [4.69, 9.17) is 4.74 Å². The maximum Gasteiger partial charge on any atom is 0.243 e. The zero-order valence-electron chi connectivity index (χ0n) is 15.6. The van der Waals surface area contributed by atoms with Gasteiger partial charge in [0.05, 0.1) is 12.0 Å². The molecule has 1 aliphatic rings. The fourth-order valence-electron chi connectivity index (χ4n) is 3.90. The van der Waals surface area contributed by atoms with Gasteiger partial charge >= 0.3 is 0 Å². The minimum atomic E-state index is -3.48. The first-order valence-electron chi connectivity index (χ1n) is 9.21. The fourth-order valence-corrected chi connectivity index (χ4v) is 5.58. The lowest BCUT2D eigenvalue weighted by Gasteiger charge is -2.31. The minimum absolute atomic E-state index is 0.362. The molecular weight excluding hydrogens is 360 g/mol. The van der Waals surface area contributed by atoms with Gasteiger partial charge in [-0.25, -0.2) is 8.42 Å². The molecule has 1 N–H and O–H groups in total. The largest absolute Gasteiger partial charge is 0.497 e. The number of para-hydroxylation sites is 1. The van der Waals surface area contributed by atoms with E-state index in [9.17, 15) is 8.42 Å². The Morgan fingerprint density at radius 3 is 2.48 bits per heavy atom. The van der Waals surface area contributed by atoms with E-state index in [1.807, 2.05) is 19.1 Å². The zero-order valence-corrected chi connectivity index (χ0v) is 16.4. The maximum atomic E-state index is 13.1. The van der Waals surface area contributed by atoms with Crippen molar-refractivity contribution in [1.29, 1.82) is 0 Å². The van der Waals surface area contributed by atoms with Crippen LogP contribution in [0.15, 0.2) is 53.4 Å². The normalized spacial score (nSPS) is 16.7. The van der Waals surface area contributed by atoms with E-state index < -0.39 is 10.0 Å². The fraction of sp³-hybridized carbons (Fsp3) is 0.333. The number of nitrogens with zero attached hydrogens (tertiary/aromatic N) is 1. The molecule has 0 amide bonds. The lowest BCUT2D eigenvalue weighted by Crippen LogP contribution is -2.38. The van der Waals surface area contributed by atoms with Crippen molar-refractivity contribution in [2.75, 3.05) is 20.2 Å². The van der Waals surface area contributed by atoms with Crippen LogP contribution in [0.5, 0.6) is 5.75 Å². The average molecular weight is 385 g/mol. The van der Waals surface area contributed by atoms with Crippen molar-refractivity contribution >= 4 is 20.9 Å². The van der Waals surface area contributed by atoms with Gasteiger partial charge in [-0.1, -0.05) is 18.2 Å². The summed E-state index contributed by atoms with van der Waals surface area (Å²) >= 11 is 0. The molecule has 0 spiro atoms. The third-order valence-electron chi connectivity index (χ3n) is 5.44. The number of methoxy groups -OCH3 is 1. The highest BCUT2D eigenvalue weighted by Crippen LogP contribution is 2.33. The number of aromatic nitrogens is 1. The van der Waals surface area contributed by atoms with E-state index in [0.717, 1.165) is 18.4 Å². The second-order valence-electron chi connectivity index (χ2n) is 7.12. The van der Waals surface area contributed by atoms with Gasteiger partial charge in [0.1, 0.15) is 5.75 Å². The highest BCUT2D eigenvalue weighted by molar-refractivity contribution is 7.89. The molecule has 0 aliphatic carbocycles. The van der Waals surface area contributed by atoms with Gasteiger partial charge in [-0.2, -0.15) is 4.31 Å². The van der Waals surface area contributed by atoms with Crippen molar-refractivity contribution in [3.05, 3.63) is 59.8 Å². The molecule has 6 heteroatoms. The smallest absolute Gasteiger partial charge is 0.243 e. The number of rotatable bonds is 4. The van der Waals surface area contributed by atoms with Crippen LogP contribution in [-0.2, 0) is 10.0 Å². The third-order valence-corrected chi connectivity index (χ3v) is 7.50. The molecule has 5 nitrogen and oxygen atoms in total. The van der Waals surface area contributed by atoms with Crippen LogP contribution < -0.4 is 4.74 Å². The van der Waals surface area contributed by atoms with Gasteiger partial charge in [0.15, 0.2) is 0 Å². The summed E-state index contributed by atoms with van der Waals surface area (Å²) in [5.74, 6) is 1.03. The van der Waals surface area contributed by atoms with Crippen LogP contribution in [0.1, 0.15) is 30.0 Å². The Hall–Kier alpha value is -2.31. The SMILES string of the molecule is COc1ccc(S(=O)(=O)N2CCC(c3cc4ccccc4[nH]3)CC2)c(C)c1. The number of hydrogen-bond donors (Lipinski definition) is 1. The van der Waals surface area contributed by atoms with E-state index >= 15 is 0 Å². The summed E-state index contributed by atoms with van der Waals surface area (Å²) in [6.45, 7) is 2.88. The van der Waals surface area contributed by atoms with Gasteiger partial charge in [0, 0.05) is 30.2 Å². The molecule has 0 saturated carbocycles. The van der Waals surface area contributed by atoms with Crippen molar-refractivity contribution in [3.63, 3.8) is 0 Å². The molecule has 1 aromatic heterocycles. The van der Waals surface area contributed by atoms with Crippen molar-refractivity contribution in [2.45, 2.75) is 30.6 Å². The van der Waals surface area contributed by atoms with Crippen molar-refractivity contribution in [3.8, 4) is 5.75 Å². The molecule has 2 aromatic carbocycles. The van der Waals surface area contributed by atoms with Crippen LogP contribution in [0.4, 0.5) is 0 Å². The molecule has 0 atom stereocenters. The summed E-state index contributed by atoms with van der Waals surface area (Å²) < 4.78 is 32.9. The Bertz CT molecular complexity index is 1030. The van der Waals surface area contributed by atoms with Crippen LogP contribution in [0, 0.1) is 6.92 Å². The second-order valence-corrected chi connectivity index (χ2v) is 9.03. The molecule has 0 bridgehead atoms. The Morgan fingerprint density at radius 1 is 1.07 bits per heavy atom. The van der Waals surface area contributed by atoms with Crippen LogP contribution in [-0.4, -0.2) is 37.9 Å². The molecule has 4 rings (SSSR count). The van der Waals surface area contributed by atoms with E-state index in [-0.39, 0.29) is 0 Å².